The van der Waals surface area contributed by atoms with Crippen molar-refractivity contribution in [2.75, 3.05) is 13.2 Å². The van der Waals surface area contributed by atoms with Crippen molar-refractivity contribution < 1.29 is 9.47 Å². The van der Waals surface area contributed by atoms with Gasteiger partial charge in [0.25, 0.3) is 0 Å². The minimum absolute atomic E-state index is 0.148. The molecule has 1 aromatic carbocycles. The Morgan fingerprint density at radius 2 is 2.25 bits per heavy atom. The van der Waals surface area contributed by atoms with Gasteiger partial charge >= 0.3 is 0 Å². The second-order valence-electron chi connectivity index (χ2n) is 4.29. The Hall–Kier alpha value is -0.800. The van der Waals surface area contributed by atoms with Crippen molar-refractivity contribution in [3.8, 4) is 5.75 Å². The van der Waals surface area contributed by atoms with Crippen LogP contribution < -0.4 is 4.74 Å². The summed E-state index contributed by atoms with van der Waals surface area (Å²) in [4.78, 5) is 0. The minimum atomic E-state index is 0.148. The van der Waals surface area contributed by atoms with Crippen molar-refractivity contribution in [3.05, 3.63) is 34.8 Å². The summed E-state index contributed by atoms with van der Waals surface area (Å²) in [5.41, 5.74) is 2.33. The van der Waals surface area contributed by atoms with Gasteiger partial charge in [-0.1, -0.05) is 22.5 Å². The Kier molecular flexibility index (Phi) is 2.52. The fourth-order valence-electron chi connectivity index (χ4n) is 2.45. The third kappa shape index (κ3) is 1.59. The molecule has 2 aliphatic rings. The predicted octanol–water partition coefficient (Wildman–Crippen LogP) is 3.26. The zero-order valence-electron chi connectivity index (χ0n) is 8.91. The number of benzene rings is 1. The molecule has 0 spiro atoms. The van der Waals surface area contributed by atoms with Crippen molar-refractivity contribution in [2.24, 2.45) is 5.92 Å². The van der Waals surface area contributed by atoms with Crippen LogP contribution in [-0.2, 0) is 4.74 Å². The molecule has 0 bridgehead atoms. The van der Waals surface area contributed by atoms with Crippen LogP contribution in [0.3, 0.4) is 0 Å². The topological polar surface area (TPSA) is 18.5 Å². The molecule has 84 valence electrons. The van der Waals surface area contributed by atoms with E-state index in [9.17, 15) is 0 Å². The van der Waals surface area contributed by atoms with Crippen LogP contribution in [0.5, 0.6) is 5.75 Å². The fraction of sp³-hybridized carbons (Fsp3) is 0.385. The van der Waals surface area contributed by atoms with Crippen molar-refractivity contribution >= 4 is 21.5 Å². The molecular weight excluding hydrogens is 268 g/mol. The lowest BCUT2D eigenvalue weighted by atomic mass is 9.83. The molecule has 0 N–H and O–H groups in total. The molecule has 2 nitrogen and oxygen atoms in total. The van der Waals surface area contributed by atoms with E-state index in [0.29, 0.717) is 12.5 Å². The highest BCUT2D eigenvalue weighted by molar-refractivity contribution is 9.10. The third-order valence-corrected chi connectivity index (χ3v) is 3.81. The smallest absolute Gasteiger partial charge is 0.129 e. The molecule has 0 aliphatic carbocycles. The maximum atomic E-state index is 5.95. The summed E-state index contributed by atoms with van der Waals surface area (Å²) in [6.45, 7) is 5.72. The molecule has 0 amide bonds. The average Bonchev–Trinajstić information content (AvgIpc) is 2.31. The van der Waals surface area contributed by atoms with Crippen molar-refractivity contribution in [2.45, 2.75) is 12.5 Å². The lowest BCUT2D eigenvalue weighted by Gasteiger charge is -2.38. The highest BCUT2D eigenvalue weighted by Gasteiger charge is 2.35. The van der Waals surface area contributed by atoms with Crippen LogP contribution in [0.2, 0.25) is 0 Å². The van der Waals surface area contributed by atoms with Gasteiger partial charge in [-0.05, 0) is 30.2 Å². The van der Waals surface area contributed by atoms with E-state index >= 15 is 0 Å². The largest absolute Gasteiger partial charge is 0.487 e. The van der Waals surface area contributed by atoms with E-state index in [1.54, 1.807) is 0 Å². The fourth-order valence-corrected chi connectivity index (χ4v) is 2.81. The number of halogens is 1. The van der Waals surface area contributed by atoms with E-state index in [0.717, 1.165) is 28.8 Å². The van der Waals surface area contributed by atoms with E-state index in [1.165, 1.54) is 5.57 Å². The molecule has 3 rings (SSSR count). The predicted molar refractivity (Wildman–Crippen MR) is 66.5 cm³/mol. The first kappa shape index (κ1) is 10.4. The van der Waals surface area contributed by atoms with Gasteiger partial charge in [-0.2, -0.15) is 0 Å². The molecule has 1 aromatic rings. The van der Waals surface area contributed by atoms with E-state index in [1.807, 2.05) is 12.1 Å². The molecule has 0 aromatic heterocycles. The van der Waals surface area contributed by atoms with E-state index < -0.39 is 0 Å². The third-order valence-electron chi connectivity index (χ3n) is 3.32. The maximum absolute atomic E-state index is 5.95. The number of rotatable bonds is 0. The standard InChI is InChI=1S/C13H13BrO2/c1-8-10-4-5-15-7-13(10)16-12-3-2-9(14)6-11(8)12/h2-3,6,10,13H,1,4-5,7H2/t10-,13+/m0/s1. The summed E-state index contributed by atoms with van der Waals surface area (Å²) in [6, 6.07) is 6.08. The Morgan fingerprint density at radius 1 is 1.38 bits per heavy atom. The van der Waals surface area contributed by atoms with Crippen LogP contribution in [0, 0.1) is 5.92 Å². The molecule has 0 unspecified atom stereocenters. The normalized spacial score (nSPS) is 27.9. The summed E-state index contributed by atoms with van der Waals surface area (Å²) in [7, 11) is 0. The quantitative estimate of drug-likeness (QED) is 0.726. The number of hydrogen-bond donors (Lipinski definition) is 0. The first-order chi connectivity index (χ1) is 7.75. The van der Waals surface area contributed by atoms with Crippen LogP contribution in [0.1, 0.15) is 12.0 Å². The second-order valence-corrected chi connectivity index (χ2v) is 5.21. The summed E-state index contributed by atoms with van der Waals surface area (Å²) >= 11 is 3.48. The minimum Gasteiger partial charge on any atom is -0.487 e. The lowest BCUT2D eigenvalue weighted by Crippen LogP contribution is -2.40. The molecule has 2 aliphatic heterocycles. The Labute approximate surface area is 103 Å². The van der Waals surface area contributed by atoms with Gasteiger partial charge < -0.3 is 9.47 Å². The summed E-state index contributed by atoms with van der Waals surface area (Å²) in [6.07, 6.45) is 1.16. The highest BCUT2D eigenvalue weighted by atomic mass is 79.9. The van der Waals surface area contributed by atoms with E-state index in [-0.39, 0.29) is 6.10 Å². The SMILES string of the molecule is C=C1c2cc(Br)ccc2O[C@@H]2COCC[C@@H]12. The molecule has 0 radical (unpaired) electrons. The molecule has 1 fully saturated rings. The van der Waals surface area contributed by atoms with E-state index in [4.69, 9.17) is 9.47 Å². The molecule has 3 heteroatoms. The molecule has 16 heavy (non-hydrogen) atoms. The Morgan fingerprint density at radius 3 is 3.12 bits per heavy atom. The lowest BCUT2D eigenvalue weighted by molar-refractivity contribution is -0.0180. The monoisotopic (exact) mass is 280 g/mol. The first-order valence-corrected chi connectivity index (χ1v) is 6.28. The molecular formula is C13H13BrO2. The number of hydrogen-bond acceptors (Lipinski definition) is 2. The van der Waals surface area contributed by atoms with Crippen LogP contribution in [-0.4, -0.2) is 19.3 Å². The van der Waals surface area contributed by atoms with Crippen LogP contribution >= 0.6 is 15.9 Å². The van der Waals surface area contributed by atoms with Crippen molar-refractivity contribution in [1.82, 2.24) is 0 Å². The summed E-state index contributed by atoms with van der Waals surface area (Å²) in [5.74, 6) is 1.34. The van der Waals surface area contributed by atoms with Crippen molar-refractivity contribution in [3.63, 3.8) is 0 Å². The first-order valence-electron chi connectivity index (χ1n) is 5.49. The van der Waals surface area contributed by atoms with Gasteiger partial charge in [0.1, 0.15) is 11.9 Å². The Bertz CT molecular complexity index is 442. The van der Waals surface area contributed by atoms with Crippen LogP contribution in [0.15, 0.2) is 29.3 Å². The van der Waals surface area contributed by atoms with Gasteiger partial charge in [-0.25, -0.2) is 0 Å². The van der Waals surface area contributed by atoms with Gasteiger partial charge in [0, 0.05) is 22.6 Å². The van der Waals surface area contributed by atoms with E-state index in [2.05, 4.69) is 28.6 Å². The molecule has 2 heterocycles. The van der Waals surface area contributed by atoms with Gasteiger partial charge in [-0.3, -0.25) is 0 Å². The number of fused-ring (bicyclic) bond motifs is 2. The highest BCUT2D eigenvalue weighted by Crippen LogP contribution is 2.42. The summed E-state index contributed by atoms with van der Waals surface area (Å²) < 4.78 is 12.5. The van der Waals surface area contributed by atoms with Gasteiger partial charge in [0.2, 0.25) is 0 Å². The van der Waals surface area contributed by atoms with Gasteiger partial charge in [0.15, 0.2) is 0 Å². The zero-order chi connectivity index (χ0) is 11.1. The van der Waals surface area contributed by atoms with Gasteiger partial charge in [-0.15, -0.1) is 0 Å². The Balaban J connectivity index is 2.03. The maximum Gasteiger partial charge on any atom is 0.129 e. The zero-order valence-corrected chi connectivity index (χ0v) is 10.5. The van der Waals surface area contributed by atoms with Crippen LogP contribution in [0.4, 0.5) is 0 Å². The molecule has 0 saturated carbocycles. The average molecular weight is 281 g/mol. The van der Waals surface area contributed by atoms with Crippen molar-refractivity contribution in [1.29, 1.82) is 0 Å². The van der Waals surface area contributed by atoms with Gasteiger partial charge in [0.05, 0.1) is 6.61 Å². The second kappa shape index (κ2) is 3.90. The molecule has 2 atom stereocenters. The number of ether oxygens (including phenoxy) is 2. The molecule has 1 saturated heterocycles. The summed E-state index contributed by atoms with van der Waals surface area (Å²) in [5, 5.41) is 0. The van der Waals surface area contributed by atoms with Crippen LogP contribution in [0.25, 0.3) is 5.57 Å².